The molecule has 3 aromatic carbocycles. The maximum Gasteiger partial charge on any atom is 0.280 e. The van der Waals surface area contributed by atoms with Crippen LogP contribution in [0.2, 0.25) is 0 Å². The molecule has 2 aromatic heterocycles. The molecule has 0 spiro atoms. The van der Waals surface area contributed by atoms with E-state index in [4.69, 9.17) is 14.3 Å². The molecule has 5 aromatic rings. The van der Waals surface area contributed by atoms with Gasteiger partial charge in [0.15, 0.2) is 5.75 Å². The summed E-state index contributed by atoms with van der Waals surface area (Å²) in [7, 11) is 3.02. The van der Waals surface area contributed by atoms with Gasteiger partial charge in [-0.05, 0) is 42.8 Å². The van der Waals surface area contributed by atoms with Crippen molar-refractivity contribution in [2.75, 3.05) is 14.2 Å². The van der Waals surface area contributed by atoms with Crippen molar-refractivity contribution in [3.05, 3.63) is 87.2 Å². The molecule has 9 nitrogen and oxygen atoms in total. The number of aromatic nitrogens is 4. The van der Waals surface area contributed by atoms with E-state index in [-0.39, 0.29) is 11.1 Å². The molecule has 0 aliphatic carbocycles. The minimum Gasteiger partial charge on any atom is -0.497 e. The summed E-state index contributed by atoms with van der Waals surface area (Å²) in [5.74, 6) is 1.75. The number of hydrogen-bond donors (Lipinski definition) is 1. The van der Waals surface area contributed by atoms with Crippen molar-refractivity contribution in [2.45, 2.75) is 6.92 Å². The fourth-order valence-corrected chi connectivity index (χ4v) is 3.83. The SMILES string of the molecule is COc1cc(OC)c2c(=O)[nH]c(-c3cc(C)cc(On4cnc(=O)c5ccccc54)c3)nc2c1. The Balaban J connectivity index is 1.62. The Morgan fingerprint density at radius 1 is 0.941 bits per heavy atom. The van der Waals surface area contributed by atoms with Gasteiger partial charge in [-0.3, -0.25) is 9.59 Å². The molecule has 0 atom stereocenters. The second-order valence-corrected chi connectivity index (χ2v) is 7.66. The number of H-pyrrole nitrogens is 1. The number of rotatable bonds is 5. The van der Waals surface area contributed by atoms with Crippen LogP contribution in [0.1, 0.15) is 5.56 Å². The quantitative estimate of drug-likeness (QED) is 0.431. The summed E-state index contributed by atoms with van der Waals surface area (Å²) < 4.78 is 12.1. The molecule has 0 unspecified atom stereocenters. The lowest BCUT2D eigenvalue weighted by atomic mass is 10.1. The Bertz CT molecular complexity index is 1670. The van der Waals surface area contributed by atoms with Crippen molar-refractivity contribution in [1.29, 1.82) is 0 Å². The number of nitrogens with one attached hydrogen (secondary N) is 1. The molecule has 5 rings (SSSR count). The lowest BCUT2D eigenvalue weighted by molar-refractivity contribution is 0.223. The second-order valence-electron chi connectivity index (χ2n) is 7.66. The van der Waals surface area contributed by atoms with Crippen molar-refractivity contribution in [3.63, 3.8) is 0 Å². The summed E-state index contributed by atoms with van der Waals surface area (Å²) in [6.45, 7) is 1.91. The fourth-order valence-electron chi connectivity index (χ4n) is 3.83. The summed E-state index contributed by atoms with van der Waals surface area (Å²) >= 11 is 0. The number of hydrogen-bond acceptors (Lipinski definition) is 7. The summed E-state index contributed by atoms with van der Waals surface area (Å²) in [6.07, 6.45) is 1.33. The number of ether oxygens (including phenoxy) is 2. The first-order chi connectivity index (χ1) is 16.5. The predicted octanol–water partition coefficient (Wildman–Crippen LogP) is 3.47. The van der Waals surface area contributed by atoms with Crippen molar-refractivity contribution in [1.82, 2.24) is 19.7 Å². The number of benzene rings is 3. The largest absolute Gasteiger partial charge is 0.497 e. The molecule has 0 aliphatic rings. The lowest BCUT2D eigenvalue weighted by Gasteiger charge is -2.13. The monoisotopic (exact) mass is 456 g/mol. The standard InChI is InChI=1S/C25H20N4O5/c1-14-8-15(23-27-19-11-16(32-2)12-21(33-3)22(19)25(31)28-23)10-17(9-14)34-29-13-26-24(30)18-6-4-5-7-20(18)29/h4-13H,1-3H3,(H,27,28,31). The molecule has 34 heavy (non-hydrogen) atoms. The van der Waals surface area contributed by atoms with E-state index in [9.17, 15) is 9.59 Å². The van der Waals surface area contributed by atoms with Crippen LogP contribution in [0.15, 0.2) is 70.5 Å². The highest BCUT2D eigenvalue weighted by Gasteiger charge is 2.14. The molecular weight excluding hydrogens is 436 g/mol. The minimum absolute atomic E-state index is 0.329. The summed E-state index contributed by atoms with van der Waals surface area (Å²) in [6, 6.07) is 15.8. The van der Waals surface area contributed by atoms with E-state index >= 15 is 0 Å². The number of aryl methyl sites for hydroxylation is 1. The van der Waals surface area contributed by atoms with Gasteiger partial charge in [0.25, 0.3) is 11.1 Å². The van der Waals surface area contributed by atoms with Gasteiger partial charge in [-0.25, -0.2) is 4.98 Å². The van der Waals surface area contributed by atoms with Gasteiger partial charge >= 0.3 is 0 Å². The molecule has 0 fully saturated rings. The summed E-state index contributed by atoms with van der Waals surface area (Å²) in [5.41, 5.74) is 1.89. The van der Waals surface area contributed by atoms with E-state index in [1.54, 1.807) is 36.4 Å². The van der Waals surface area contributed by atoms with Crippen LogP contribution >= 0.6 is 0 Å². The van der Waals surface area contributed by atoms with E-state index in [1.807, 2.05) is 25.1 Å². The van der Waals surface area contributed by atoms with E-state index in [2.05, 4.69) is 15.0 Å². The lowest BCUT2D eigenvalue weighted by Crippen LogP contribution is -2.15. The molecule has 0 aliphatic heterocycles. The first kappa shape index (κ1) is 21.2. The van der Waals surface area contributed by atoms with E-state index in [1.165, 1.54) is 25.3 Å². The number of para-hydroxylation sites is 1. The third-order valence-electron chi connectivity index (χ3n) is 5.38. The zero-order valence-electron chi connectivity index (χ0n) is 18.7. The number of aromatic amines is 1. The van der Waals surface area contributed by atoms with Crippen LogP contribution in [0.25, 0.3) is 33.2 Å². The molecule has 1 N–H and O–H groups in total. The van der Waals surface area contributed by atoms with Crippen LogP contribution in [0, 0.1) is 6.92 Å². The Hall–Kier alpha value is -4.66. The highest BCUT2D eigenvalue weighted by atomic mass is 16.7. The highest BCUT2D eigenvalue weighted by molar-refractivity contribution is 5.87. The summed E-state index contributed by atoms with van der Waals surface area (Å²) in [4.78, 5) is 42.4. The Morgan fingerprint density at radius 2 is 1.76 bits per heavy atom. The number of fused-ring (bicyclic) bond motifs is 2. The Labute approximate surface area is 193 Å². The minimum atomic E-state index is -0.334. The smallest absolute Gasteiger partial charge is 0.280 e. The third-order valence-corrected chi connectivity index (χ3v) is 5.38. The zero-order chi connectivity index (χ0) is 23.8. The van der Waals surface area contributed by atoms with Crippen LogP contribution in [-0.2, 0) is 0 Å². The van der Waals surface area contributed by atoms with Crippen LogP contribution in [0.3, 0.4) is 0 Å². The molecule has 0 amide bonds. The van der Waals surface area contributed by atoms with Crippen LogP contribution < -0.4 is 25.4 Å². The summed E-state index contributed by atoms with van der Waals surface area (Å²) in [5, 5.41) is 0.781. The third kappa shape index (κ3) is 3.73. The van der Waals surface area contributed by atoms with Gasteiger partial charge in [-0.15, -0.1) is 0 Å². The molecule has 9 heteroatoms. The topological polar surface area (TPSA) is 108 Å². The number of methoxy groups -OCH3 is 2. The molecule has 0 saturated carbocycles. The van der Waals surface area contributed by atoms with Crippen molar-refractivity contribution < 1.29 is 14.3 Å². The van der Waals surface area contributed by atoms with E-state index in [0.717, 1.165) is 5.56 Å². The Morgan fingerprint density at radius 3 is 2.56 bits per heavy atom. The molecule has 2 heterocycles. The maximum absolute atomic E-state index is 12.9. The van der Waals surface area contributed by atoms with E-state index in [0.29, 0.717) is 50.4 Å². The first-order valence-corrected chi connectivity index (χ1v) is 10.4. The molecule has 0 bridgehead atoms. The first-order valence-electron chi connectivity index (χ1n) is 10.4. The van der Waals surface area contributed by atoms with Crippen LogP contribution in [-0.4, -0.2) is 33.9 Å². The van der Waals surface area contributed by atoms with Crippen LogP contribution in [0.4, 0.5) is 0 Å². The van der Waals surface area contributed by atoms with Gasteiger partial charge in [0.05, 0.1) is 30.6 Å². The fraction of sp³-hybridized carbons (Fsp3) is 0.120. The second kappa shape index (κ2) is 8.36. The molecule has 170 valence electrons. The predicted molar refractivity (Wildman–Crippen MR) is 128 cm³/mol. The maximum atomic E-state index is 12.9. The van der Waals surface area contributed by atoms with Crippen molar-refractivity contribution >= 4 is 21.8 Å². The van der Waals surface area contributed by atoms with Gasteiger partial charge < -0.3 is 19.3 Å². The van der Waals surface area contributed by atoms with Gasteiger partial charge in [0.2, 0.25) is 0 Å². The average molecular weight is 456 g/mol. The van der Waals surface area contributed by atoms with Crippen molar-refractivity contribution in [3.8, 4) is 28.6 Å². The molecule has 0 radical (unpaired) electrons. The van der Waals surface area contributed by atoms with E-state index < -0.39 is 0 Å². The zero-order valence-corrected chi connectivity index (χ0v) is 18.7. The highest BCUT2D eigenvalue weighted by Crippen LogP contribution is 2.30. The normalized spacial score (nSPS) is 11.0. The Kier molecular flexibility index (Phi) is 5.21. The number of nitrogens with zero attached hydrogens (tertiary/aromatic N) is 3. The van der Waals surface area contributed by atoms with Crippen LogP contribution in [0.5, 0.6) is 17.2 Å². The average Bonchev–Trinajstić information content (AvgIpc) is 2.84. The molecular formula is C25H20N4O5. The van der Waals surface area contributed by atoms with Gasteiger partial charge in [-0.1, -0.05) is 12.1 Å². The van der Waals surface area contributed by atoms with Gasteiger partial charge in [0.1, 0.15) is 29.0 Å². The molecule has 0 saturated heterocycles. The van der Waals surface area contributed by atoms with Crippen molar-refractivity contribution in [2.24, 2.45) is 0 Å². The van der Waals surface area contributed by atoms with Gasteiger partial charge in [0, 0.05) is 17.7 Å². The van der Waals surface area contributed by atoms with Gasteiger partial charge in [-0.2, -0.15) is 9.71 Å².